The third kappa shape index (κ3) is 4.16. The maximum Gasteiger partial charge on any atom is 0.274 e. The van der Waals surface area contributed by atoms with E-state index in [2.05, 4.69) is 15.6 Å². The van der Waals surface area contributed by atoms with Gasteiger partial charge in [0.15, 0.2) is 0 Å². The predicted molar refractivity (Wildman–Crippen MR) is 97.9 cm³/mol. The van der Waals surface area contributed by atoms with E-state index >= 15 is 0 Å². The molecule has 0 bridgehead atoms. The predicted octanol–water partition coefficient (Wildman–Crippen LogP) is 3.42. The number of aryl methyl sites for hydroxylation is 1. The van der Waals surface area contributed by atoms with Gasteiger partial charge in [0.25, 0.3) is 11.8 Å². The molecule has 1 aromatic carbocycles. The van der Waals surface area contributed by atoms with Crippen molar-refractivity contribution in [1.29, 1.82) is 0 Å². The maximum absolute atomic E-state index is 12.5. The largest absolute Gasteiger partial charge is 0.467 e. The minimum absolute atomic E-state index is 0.182. The van der Waals surface area contributed by atoms with E-state index in [0.29, 0.717) is 11.3 Å². The van der Waals surface area contributed by atoms with Crippen LogP contribution in [-0.4, -0.2) is 16.8 Å². The van der Waals surface area contributed by atoms with E-state index < -0.39 is 0 Å². The molecular weight excluding hydrogens is 330 g/mol. The SMILES string of the molecule is CCc1ccccc1NC(=O)c1cc(C(=O)NCc2ccco2)ccn1. The molecule has 0 spiro atoms. The number of hydrogen-bond acceptors (Lipinski definition) is 4. The fourth-order valence-electron chi connectivity index (χ4n) is 2.52. The number of carbonyl (C=O) groups is 2. The molecule has 6 nitrogen and oxygen atoms in total. The Morgan fingerprint density at radius 2 is 1.92 bits per heavy atom. The molecule has 0 saturated heterocycles. The van der Waals surface area contributed by atoms with E-state index in [1.54, 1.807) is 24.5 Å². The third-order valence-electron chi connectivity index (χ3n) is 3.90. The number of para-hydroxylation sites is 1. The Hall–Kier alpha value is -3.41. The molecule has 0 aliphatic rings. The van der Waals surface area contributed by atoms with Crippen molar-refractivity contribution in [3.63, 3.8) is 0 Å². The van der Waals surface area contributed by atoms with Crippen LogP contribution >= 0.6 is 0 Å². The molecule has 0 aliphatic heterocycles. The minimum Gasteiger partial charge on any atom is -0.467 e. The number of pyridine rings is 1. The first kappa shape index (κ1) is 17.4. The van der Waals surface area contributed by atoms with Gasteiger partial charge in [0.05, 0.1) is 12.8 Å². The van der Waals surface area contributed by atoms with Gasteiger partial charge in [-0.15, -0.1) is 0 Å². The Labute approximate surface area is 151 Å². The highest BCUT2D eigenvalue weighted by atomic mass is 16.3. The normalized spacial score (nSPS) is 10.3. The van der Waals surface area contributed by atoms with Crippen molar-refractivity contribution in [2.45, 2.75) is 19.9 Å². The van der Waals surface area contributed by atoms with Crippen LogP contribution in [0.1, 0.15) is 39.1 Å². The van der Waals surface area contributed by atoms with Crippen molar-refractivity contribution >= 4 is 17.5 Å². The molecule has 2 aromatic heterocycles. The number of amides is 2. The Morgan fingerprint density at radius 1 is 1.08 bits per heavy atom. The van der Waals surface area contributed by atoms with Crippen LogP contribution in [-0.2, 0) is 13.0 Å². The van der Waals surface area contributed by atoms with E-state index in [4.69, 9.17) is 4.42 Å². The highest BCUT2D eigenvalue weighted by molar-refractivity contribution is 6.05. The zero-order valence-electron chi connectivity index (χ0n) is 14.4. The summed E-state index contributed by atoms with van der Waals surface area (Å²) in [5.74, 6) is -0.0000572. The van der Waals surface area contributed by atoms with Crippen LogP contribution in [0.25, 0.3) is 0 Å². The molecular formula is C20H19N3O3. The molecule has 2 N–H and O–H groups in total. The van der Waals surface area contributed by atoms with Gasteiger partial charge < -0.3 is 15.1 Å². The van der Waals surface area contributed by atoms with Gasteiger partial charge in [0.1, 0.15) is 11.5 Å². The molecule has 0 saturated carbocycles. The Morgan fingerprint density at radius 3 is 2.69 bits per heavy atom. The molecule has 3 rings (SSSR count). The lowest BCUT2D eigenvalue weighted by molar-refractivity contribution is 0.0948. The van der Waals surface area contributed by atoms with Crippen molar-refractivity contribution in [3.05, 3.63) is 83.6 Å². The number of nitrogens with zero attached hydrogens (tertiary/aromatic N) is 1. The van der Waals surface area contributed by atoms with Gasteiger partial charge in [-0.05, 0) is 42.3 Å². The van der Waals surface area contributed by atoms with E-state index in [1.807, 2.05) is 31.2 Å². The minimum atomic E-state index is -0.355. The summed E-state index contributed by atoms with van der Waals surface area (Å²) < 4.78 is 5.18. The Kier molecular flexibility index (Phi) is 5.43. The summed E-state index contributed by atoms with van der Waals surface area (Å²) in [5.41, 5.74) is 2.32. The molecule has 132 valence electrons. The summed E-state index contributed by atoms with van der Waals surface area (Å²) in [7, 11) is 0. The fraction of sp³-hybridized carbons (Fsp3) is 0.150. The average Bonchev–Trinajstić information content (AvgIpc) is 3.20. The fourth-order valence-corrected chi connectivity index (χ4v) is 2.52. The molecule has 6 heteroatoms. The number of hydrogen-bond donors (Lipinski definition) is 2. The van der Waals surface area contributed by atoms with Gasteiger partial charge in [-0.25, -0.2) is 0 Å². The summed E-state index contributed by atoms with van der Waals surface area (Å²) >= 11 is 0. The molecule has 0 unspecified atom stereocenters. The van der Waals surface area contributed by atoms with Gasteiger partial charge in [-0.3, -0.25) is 14.6 Å². The van der Waals surface area contributed by atoms with Gasteiger partial charge >= 0.3 is 0 Å². The highest BCUT2D eigenvalue weighted by Gasteiger charge is 2.13. The van der Waals surface area contributed by atoms with Crippen LogP contribution in [0.15, 0.2) is 65.4 Å². The van der Waals surface area contributed by atoms with Crippen LogP contribution < -0.4 is 10.6 Å². The lowest BCUT2D eigenvalue weighted by Crippen LogP contribution is -2.23. The Bertz CT molecular complexity index is 904. The van der Waals surface area contributed by atoms with E-state index in [0.717, 1.165) is 17.7 Å². The van der Waals surface area contributed by atoms with Gasteiger partial charge in [0.2, 0.25) is 0 Å². The quantitative estimate of drug-likeness (QED) is 0.714. The molecule has 26 heavy (non-hydrogen) atoms. The van der Waals surface area contributed by atoms with Crippen molar-refractivity contribution in [1.82, 2.24) is 10.3 Å². The summed E-state index contributed by atoms with van der Waals surface area (Å²) in [6.45, 7) is 2.30. The molecule has 0 atom stereocenters. The van der Waals surface area contributed by atoms with E-state index in [9.17, 15) is 9.59 Å². The summed E-state index contributed by atoms with van der Waals surface area (Å²) in [6, 6.07) is 14.2. The summed E-state index contributed by atoms with van der Waals surface area (Å²) in [6.07, 6.45) is 3.80. The first-order valence-corrected chi connectivity index (χ1v) is 8.33. The molecule has 2 heterocycles. The lowest BCUT2D eigenvalue weighted by Gasteiger charge is -2.10. The van der Waals surface area contributed by atoms with Crippen molar-refractivity contribution in [2.24, 2.45) is 0 Å². The second-order valence-corrected chi connectivity index (χ2v) is 5.66. The monoisotopic (exact) mass is 349 g/mol. The molecule has 2 amide bonds. The van der Waals surface area contributed by atoms with E-state index in [-0.39, 0.29) is 24.1 Å². The van der Waals surface area contributed by atoms with Gasteiger partial charge in [-0.2, -0.15) is 0 Å². The van der Waals surface area contributed by atoms with Crippen LogP contribution in [0.5, 0.6) is 0 Å². The number of nitrogens with one attached hydrogen (secondary N) is 2. The molecule has 0 fully saturated rings. The zero-order chi connectivity index (χ0) is 18.4. The van der Waals surface area contributed by atoms with Crippen LogP contribution in [0.3, 0.4) is 0 Å². The molecule has 0 aliphatic carbocycles. The average molecular weight is 349 g/mol. The second kappa shape index (κ2) is 8.11. The van der Waals surface area contributed by atoms with Crippen LogP contribution in [0.2, 0.25) is 0 Å². The molecule has 0 radical (unpaired) electrons. The van der Waals surface area contributed by atoms with Gasteiger partial charge in [0, 0.05) is 17.4 Å². The molecule has 3 aromatic rings. The number of furan rings is 1. The van der Waals surface area contributed by atoms with Crippen LogP contribution in [0, 0.1) is 0 Å². The van der Waals surface area contributed by atoms with Crippen molar-refractivity contribution in [2.75, 3.05) is 5.32 Å². The summed E-state index contributed by atoms with van der Waals surface area (Å²) in [4.78, 5) is 28.8. The van der Waals surface area contributed by atoms with E-state index in [1.165, 1.54) is 12.3 Å². The third-order valence-corrected chi connectivity index (χ3v) is 3.90. The Balaban J connectivity index is 1.69. The van der Waals surface area contributed by atoms with Crippen LogP contribution in [0.4, 0.5) is 5.69 Å². The summed E-state index contributed by atoms with van der Waals surface area (Å²) in [5, 5.41) is 5.59. The first-order valence-electron chi connectivity index (χ1n) is 8.33. The number of aromatic nitrogens is 1. The highest BCUT2D eigenvalue weighted by Crippen LogP contribution is 2.16. The maximum atomic E-state index is 12.5. The number of rotatable bonds is 6. The number of carbonyl (C=O) groups excluding carboxylic acids is 2. The number of benzene rings is 1. The first-order chi connectivity index (χ1) is 12.7. The lowest BCUT2D eigenvalue weighted by atomic mass is 10.1. The zero-order valence-corrected chi connectivity index (χ0v) is 14.4. The van der Waals surface area contributed by atoms with Crippen molar-refractivity contribution in [3.8, 4) is 0 Å². The second-order valence-electron chi connectivity index (χ2n) is 5.66. The topological polar surface area (TPSA) is 84.2 Å². The van der Waals surface area contributed by atoms with Gasteiger partial charge in [-0.1, -0.05) is 25.1 Å². The van der Waals surface area contributed by atoms with Crippen molar-refractivity contribution < 1.29 is 14.0 Å². The number of anilines is 1. The smallest absolute Gasteiger partial charge is 0.274 e. The standard InChI is InChI=1S/C20H19N3O3/c1-2-14-6-3-4-8-17(14)23-20(25)18-12-15(9-10-21-18)19(24)22-13-16-7-5-11-26-16/h3-12H,2,13H2,1H3,(H,22,24)(H,23,25).